The summed E-state index contributed by atoms with van der Waals surface area (Å²) >= 11 is 0. The van der Waals surface area contributed by atoms with Crippen LogP contribution in [0.25, 0.3) is 0 Å². The van der Waals surface area contributed by atoms with E-state index >= 15 is 0 Å². The van der Waals surface area contributed by atoms with Crippen molar-refractivity contribution in [2.75, 3.05) is 44.0 Å². The maximum absolute atomic E-state index is 9.08. The van der Waals surface area contributed by atoms with Gasteiger partial charge in [-0.15, -0.1) is 0 Å². The number of likely N-dealkylation sites (tertiary alicyclic amines) is 1. The van der Waals surface area contributed by atoms with Crippen molar-refractivity contribution >= 4 is 11.6 Å². The summed E-state index contributed by atoms with van der Waals surface area (Å²) < 4.78 is 0. The smallest absolute Gasteiger partial charge is 0.134 e. The Kier molecular flexibility index (Phi) is 5.69. The molecule has 0 saturated carbocycles. The Morgan fingerprint density at radius 3 is 2.77 bits per heavy atom. The predicted molar refractivity (Wildman–Crippen MR) is 104 cm³/mol. The van der Waals surface area contributed by atoms with Gasteiger partial charge in [0.1, 0.15) is 18.0 Å². The molecule has 1 unspecified atom stereocenters. The minimum absolute atomic E-state index is 0.424. The monoisotopic (exact) mass is 350 g/mol. The molecule has 136 valence electrons. The van der Waals surface area contributed by atoms with Crippen molar-refractivity contribution in [2.45, 2.75) is 25.4 Å². The number of benzene rings is 1. The molecule has 3 rings (SSSR count). The van der Waals surface area contributed by atoms with Crippen LogP contribution in [-0.2, 0) is 6.54 Å². The van der Waals surface area contributed by atoms with Gasteiger partial charge in [0.05, 0.1) is 11.6 Å². The van der Waals surface area contributed by atoms with Crippen LogP contribution in [0.4, 0.5) is 11.6 Å². The Labute approximate surface area is 155 Å². The Morgan fingerprint density at radius 2 is 2.00 bits per heavy atom. The molecule has 1 atom stereocenters. The topological polar surface area (TPSA) is 59.3 Å². The molecule has 0 spiro atoms. The minimum atomic E-state index is 0.424. The molecule has 0 aliphatic carbocycles. The molecule has 0 amide bonds. The standard InChI is InChI=1S/C20H26N6/c1-24(2)19-11-20(23-15-22-19)25(3)18-8-5-9-26(14-18)13-17-7-4-6-16(10-17)12-21/h4,6-7,10-11,15,18H,5,8-9,13-14H2,1-3H3. The third-order valence-corrected chi connectivity index (χ3v) is 4.95. The molecular weight excluding hydrogens is 324 g/mol. The number of anilines is 2. The van der Waals surface area contributed by atoms with Crippen LogP contribution in [0.15, 0.2) is 36.7 Å². The van der Waals surface area contributed by atoms with Crippen LogP contribution in [0, 0.1) is 11.3 Å². The van der Waals surface area contributed by atoms with Gasteiger partial charge in [0.25, 0.3) is 0 Å². The number of aromatic nitrogens is 2. The molecule has 6 nitrogen and oxygen atoms in total. The van der Waals surface area contributed by atoms with Crippen LogP contribution in [0.3, 0.4) is 0 Å². The number of rotatable bonds is 5. The zero-order valence-corrected chi connectivity index (χ0v) is 15.8. The highest BCUT2D eigenvalue weighted by Crippen LogP contribution is 2.23. The van der Waals surface area contributed by atoms with Crippen LogP contribution < -0.4 is 9.80 Å². The fourth-order valence-electron chi connectivity index (χ4n) is 3.45. The number of piperidine rings is 1. The molecule has 1 saturated heterocycles. The maximum atomic E-state index is 9.08. The van der Waals surface area contributed by atoms with E-state index in [0.29, 0.717) is 6.04 Å². The number of hydrogen-bond donors (Lipinski definition) is 0. The molecule has 26 heavy (non-hydrogen) atoms. The highest BCUT2D eigenvalue weighted by molar-refractivity contribution is 5.49. The molecule has 1 aromatic heterocycles. The summed E-state index contributed by atoms with van der Waals surface area (Å²) in [6, 6.07) is 12.6. The first-order valence-electron chi connectivity index (χ1n) is 9.00. The van der Waals surface area contributed by atoms with Crippen LogP contribution in [0.5, 0.6) is 0 Å². The highest BCUT2D eigenvalue weighted by atomic mass is 15.3. The minimum Gasteiger partial charge on any atom is -0.363 e. The molecule has 6 heteroatoms. The first-order chi connectivity index (χ1) is 12.6. The second kappa shape index (κ2) is 8.15. The Bertz CT molecular complexity index is 782. The van der Waals surface area contributed by atoms with E-state index in [0.717, 1.165) is 43.3 Å². The van der Waals surface area contributed by atoms with Gasteiger partial charge in [-0.25, -0.2) is 9.97 Å². The van der Waals surface area contributed by atoms with Crippen molar-refractivity contribution in [1.82, 2.24) is 14.9 Å². The maximum Gasteiger partial charge on any atom is 0.134 e. The summed E-state index contributed by atoms with van der Waals surface area (Å²) in [4.78, 5) is 15.5. The third kappa shape index (κ3) is 4.30. The fourth-order valence-corrected chi connectivity index (χ4v) is 3.45. The highest BCUT2D eigenvalue weighted by Gasteiger charge is 2.24. The van der Waals surface area contributed by atoms with Gasteiger partial charge in [0.2, 0.25) is 0 Å². The van der Waals surface area contributed by atoms with Crippen LogP contribution in [0.2, 0.25) is 0 Å². The van der Waals surface area contributed by atoms with E-state index in [1.165, 1.54) is 12.0 Å². The summed E-state index contributed by atoms with van der Waals surface area (Å²) in [5.41, 5.74) is 1.93. The molecule has 2 heterocycles. The van der Waals surface area contributed by atoms with E-state index in [2.05, 4.69) is 39.0 Å². The summed E-state index contributed by atoms with van der Waals surface area (Å²) in [5.74, 6) is 1.88. The van der Waals surface area contributed by atoms with E-state index < -0.39 is 0 Å². The van der Waals surface area contributed by atoms with E-state index in [4.69, 9.17) is 5.26 Å². The number of nitriles is 1. The molecule has 1 aromatic carbocycles. The van der Waals surface area contributed by atoms with E-state index in [1.807, 2.05) is 43.3 Å². The van der Waals surface area contributed by atoms with Crippen molar-refractivity contribution in [2.24, 2.45) is 0 Å². The first kappa shape index (κ1) is 18.2. The molecule has 2 aromatic rings. The molecule has 0 bridgehead atoms. The van der Waals surface area contributed by atoms with Gasteiger partial charge in [-0.3, -0.25) is 4.90 Å². The van der Waals surface area contributed by atoms with Crippen molar-refractivity contribution < 1.29 is 0 Å². The lowest BCUT2D eigenvalue weighted by molar-refractivity contribution is 0.198. The number of nitrogens with zero attached hydrogens (tertiary/aromatic N) is 6. The van der Waals surface area contributed by atoms with Crippen LogP contribution in [-0.4, -0.2) is 55.1 Å². The normalized spacial score (nSPS) is 17.5. The van der Waals surface area contributed by atoms with Crippen molar-refractivity contribution in [1.29, 1.82) is 5.26 Å². The van der Waals surface area contributed by atoms with Crippen molar-refractivity contribution in [3.8, 4) is 6.07 Å². The van der Waals surface area contributed by atoms with Gasteiger partial charge in [0.15, 0.2) is 0 Å². The average molecular weight is 350 g/mol. The average Bonchev–Trinajstić information content (AvgIpc) is 2.68. The predicted octanol–water partition coefficient (Wildman–Crippen LogP) is 2.52. The van der Waals surface area contributed by atoms with Crippen LogP contribution in [0.1, 0.15) is 24.0 Å². The molecule has 1 aliphatic rings. The summed E-state index contributed by atoms with van der Waals surface area (Å²) in [5, 5.41) is 9.08. The molecule has 0 radical (unpaired) electrons. The lowest BCUT2D eigenvalue weighted by Gasteiger charge is -2.38. The molecule has 1 aliphatic heterocycles. The van der Waals surface area contributed by atoms with Crippen molar-refractivity contribution in [3.05, 3.63) is 47.8 Å². The second-order valence-corrected chi connectivity index (χ2v) is 7.08. The Morgan fingerprint density at radius 1 is 1.19 bits per heavy atom. The third-order valence-electron chi connectivity index (χ3n) is 4.95. The van der Waals surface area contributed by atoms with Gasteiger partial charge >= 0.3 is 0 Å². The van der Waals surface area contributed by atoms with E-state index in [9.17, 15) is 0 Å². The lowest BCUT2D eigenvalue weighted by Crippen LogP contribution is -2.46. The zero-order valence-electron chi connectivity index (χ0n) is 15.8. The van der Waals surface area contributed by atoms with Crippen molar-refractivity contribution in [3.63, 3.8) is 0 Å². The number of likely N-dealkylation sites (N-methyl/N-ethyl adjacent to an activating group) is 1. The quantitative estimate of drug-likeness (QED) is 0.826. The Hall–Kier alpha value is -2.65. The largest absolute Gasteiger partial charge is 0.363 e. The summed E-state index contributed by atoms with van der Waals surface area (Å²) in [7, 11) is 6.10. The van der Waals surface area contributed by atoms with E-state index in [1.54, 1.807) is 6.33 Å². The molecular formula is C20H26N6. The second-order valence-electron chi connectivity index (χ2n) is 7.08. The lowest BCUT2D eigenvalue weighted by atomic mass is 10.0. The van der Waals surface area contributed by atoms with E-state index in [-0.39, 0.29) is 0 Å². The SMILES string of the molecule is CN(C)c1cc(N(C)C2CCCN(Cc3cccc(C#N)c3)C2)ncn1. The van der Waals surface area contributed by atoms with Gasteiger partial charge < -0.3 is 9.80 Å². The number of hydrogen-bond acceptors (Lipinski definition) is 6. The van der Waals surface area contributed by atoms with Gasteiger partial charge in [-0.1, -0.05) is 12.1 Å². The van der Waals surface area contributed by atoms with Gasteiger partial charge in [-0.05, 0) is 37.1 Å². The van der Waals surface area contributed by atoms with Gasteiger partial charge in [-0.2, -0.15) is 5.26 Å². The molecule has 1 fully saturated rings. The Balaban J connectivity index is 1.67. The van der Waals surface area contributed by atoms with Gasteiger partial charge in [0, 0.05) is 46.3 Å². The molecule has 0 N–H and O–H groups in total. The first-order valence-corrected chi connectivity index (χ1v) is 9.00. The summed E-state index contributed by atoms with van der Waals surface area (Å²) in [6.07, 6.45) is 3.96. The zero-order chi connectivity index (χ0) is 18.5. The summed E-state index contributed by atoms with van der Waals surface area (Å²) in [6.45, 7) is 2.97. The van der Waals surface area contributed by atoms with Crippen LogP contribution >= 0.6 is 0 Å². The fraction of sp³-hybridized carbons (Fsp3) is 0.450.